The number of fused-ring (bicyclic) bond motifs is 1. The van der Waals surface area contributed by atoms with Crippen molar-refractivity contribution in [3.63, 3.8) is 0 Å². The Hall–Kier alpha value is -3.64. The summed E-state index contributed by atoms with van der Waals surface area (Å²) in [5.74, 6) is -4.65. The van der Waals surface area contributed by atoms with Crippen LogP contribution >= 0.6 is 0 Å². The largest absolute Gasteiger partial charge is 0.459 e. The standard InChI is InChI=1S/C32H30O11/c1-14-15(2)29-24(39-13-17-9-11-19(12-10-17)20(33)18-7-5-4-6-8-18)26(36)42-28(29)43-32-27(37)41-22(14)30(29,32)21(34)23-31(32,38)16(3)25(35)40-23/h4-12,14-16,21-24,28,34,38H,13H2,1-3H3/t14-,15-,16-,21+,22?,23+,24+,28?,29?,30?,31-,32+/m1/s1. The number of ketones is 1. The molecule has 0 amide bonds. The van der Waals surface area contributed by atoms with Gasteiger partial charge in [0.25, 0.3) is 0 Å². The van der Waals surface area contributed by atoms with Crippen LogP contribution in [0.5, 0.6) is 0 Å². The first-order chi connectivity index (χ1) is 20.5. The average Bonchev–Trinajstić information content (AvgIpc) is 3.71. The molecule has 11 nitrogen and oxygen atoms in total. The number of hydrogen-bond acceptors (Lipinski definition) is 11. The van der Waals surface area contributed by atoms with Crippen LogP contribution in [0.1, 0.15) is 42.3 Å². The van der Waals surface area contributed by atoms with E-state index in [0.717, 1.165) is 0 Å². The molecule has 4 unspecified atom stereocenters. The van der Waals surface area contributed by atoms with Crippen LogP contribution in [-0.2, 0) is 44.7 Å². The Kier molecular flexibility index (Phi) is 5.20. The topological polar surface area (TPSA) is 155 Å². The number of ether oxygens (including phenoxy) is 5. The van der Waals surface area contributed by atoms with Crippen LogP contribution in [-0.4, -0.2) is 75.8 Å². The van der Waals surface area contributed by atoms with Gasteiger partial charge in [-0.3, -0.25) is 9.59 Å². The van der Waals surface area contributed by atoms with Crippen LogP contribution in [0.3, 0.4) is 0 Å². The van der Waals surface area contributed by atoms with Gasteiger partial charge in [0.05, 0.1) is 23.4 Å². The minimum atomic E-state index is -2.27. The Morgan fingerprint density at radius 3 is 2.26 bits per heavy atom. The number of esters is 3. The predicted octanol–water partition coefficient (Wildman–Crippen LogP) is 1.31. The molecular formula is C32H30O11. The third-order valence-electron chi connectivity index (χ3n) is 11.5. The molecule has 0 radical (unpaired) electrons. The van der Waals surface area contributed by atoms with E-state index in [1.54, 1.807) is 48.5 Å². The second kappa shape index (κ2) is 8.29. The van der Waals surface area contributed by atoms with Crippen molar-refractivity contribution in [3.8, 4) is 0 Å². The first-order valence-corrected chi connectivity index (χ1v) is 14.5. The summed E-state index contributed by atoms with van der Waals surface area (Å²) >= 11 is 0. The second-order valence-electron chi connectivity index (χ2n) is 12.8. The number of carbonyl (C=O) groups excluding carboxylic acids is 4. The van der Waals surface area contributed by atoms with Crippen molar-refractivity contribution in [1.29, 1.82) is 0 Å². The Morgan fingerprint density at radius 1 is 0.884 bits per heavy atom. The van der Waals surface area contributed by atoms with Crippen molar-refractivity contribution in [3.05, 3.63) is 71.3 Å². The zero-order chi connectivity index (χ0) is 30.3. The number of benzene rings is 2. The first-order valence-electron chi connectivity index (χ1n) is 14.5. The number of rotatable bonds is 5. The quantitative estimate of drug-likeness (QED) is 0.294. The maximum Gasteiger partial charge on any atom is 0.343 e. The average molecular weight is 591 g/mol. The zero-order valence-electron chi connectivity index (χ0n) is 23.6. The number of aliphatic hydroxyl groups is 2. The first kappa shape index (κ1) is 26.9. The molecule has 4 heterocycles. The second-order valence-corrected chi connectivity index (χ2v) is 12.8. The van der Waals surface area contributed by atoms with Gasteiger partial charge in [0.2, 0.25) is 11.9 Å². The lowest BCUT2D eigenvalue weighted by Crippen LogP contribution is -2.67. The maximum absolute atomic E-state index is 13.8. The van der Waals surface area contributed by atoms with Crippen LogP contribution in [0.25, 0.3) is 0 Å². The van der Waals surface area contributed by atoms with Crippen molar-refractivity contribution in [2.75, 3.05) is 0 Å². The molecule has 2 aliphatic carbocycles. The molecule has 0 aromatic heterocycles. The van der Waals surface area contributed by atoms with E-state index in [1.165, 1.54) is 6.92 Å². The molecule has 4 saturated heterocycles. The Morgan fingerprint density at radius 2 is 1.56 bits per heavy atom. The fourth-order valence-corrected chi connectivity index (χ4v) is 9.59. The SMILES string of the molecule is C[C@@H]1[C@@H](C)C2OC(=O)[C@]34OC5OC(=O)[C@H](OCc6ccc(C(=O)c7ccccc7)cc6)C51C23[C@@H](O)[C@@H]1OC(=O)[C@@H](C)[C@@]14O. The van der Waals surface area contributed by atoms with Gasteiger partial charge in [0, 0.05) is 11.1 Å². The Bertz CT molecular complexity index is 1590. The van der Waals surface area contributed by atoms with Gasteiger partial charge in [-0.15, -0.1) is 0 Å². The minimum Gasteiger partial charge on any atom is -0.459 e. The highest BCUT2D eigenvalue weighted by Gasteiger charge is 3.04. The van der Waals surface area contributed by atoms with Crippen molar-refractivity contribution in [2.24, 2.45) is 28.6 Å². The highest BCUT2D eigenvalue weighted by atomic mass is 16.8. The van der Waals surface area contributed by atoms with E-state index in [2.05, 4.69) is 0 Å². The summed E-state index contributed by atoms with van der Waals surface area (Å²) in [6.45, 7) is 5.06. The molecule has 2 N–H and O–H groups in total. The predicted molar refractivity (Wildman–Crippen MR) is 142 cm³/mol. The van der Waals surface area contributed by atoms with E-state index in [-0.39, 0.29) is 12.4 Å². The van der Waals surface area contributed by atoms with E-state index in [0.29, 0.717) is 16.7 Å². The number of aliphatic hydroxyl groups excluding tert-OH is 1. The van der Waals surface area contributed by atoms with Gasteiger partial charge in [-0.2, -0.15) is 0 Å². The van der Waals surface area contributed by atoms with Crippen LogP contribution in [0, 0.1) is 28.6 Å². The maximum atomic E-state index is 13.8. The van der Waals surface area contributed by atoms with Gasteiger partial charge in [-0.1, -0.05) is 68.4 Å². The molecule has 8 rings (SSSR count). The molecule has 43 heavy (non-hydrogen) atoms. The molecule has 4 aliphatic heterocycles. The zero-order valence-corrected chi connectivity index (χ0v) is 23.6. The molecule has 2 aromatic carbocycles. The highest BCUT2D eigenvalue weighted by molar-refractivity contribution is 6.08. The van der Waals surface area contributed by atoms with Gasteiger partial charge < -0.3 is 33.9 Å². The summed E-state index contributed by atoms with van der Waals surface area (Å²) in [6.07, 6.45) is -6.74. The normalized spacial score (nSPS) is 46.6. The van der Waals surface area contributed by atoms with Crippen molar-refractivity contribution in [1.82, 2.24) is 0 Å². The lowest BCUT2D eigenvalue weighted by Gasteiger charge is -2.45. The lowest BCUT2D eigenvalue weighted by atomic mass is 9.54. The molecule has 6 fully saturated rings. The van der Waals surface area contributed by atoms with Crippen LogP contribution in [0.2, 0.25) is 0 Å². The third-order valence-corrected chi connectivity index (χ3v) is 11.5. The third kappa shape index (κ3) is 2.61. The van der Waals surface area contributed by atoms with Gasteiger partial charge in [-0.05, 0) is 24.3 Å². The summed E-state index contributed by atoms with van der Waals surface area (Å²) in [4.78, 5) is 52.9. The monoisotopic (exact) mass is 590 g/mol. The fraction of sp³-hybridized carbons (Fsp3) is 0.500. The van der Waals surface area contributed by atoms with Crippen molar-refractivity contribution in [2.45, 2.75) is 69.3 Å². The Labute approximate surface area is 246 Å². The molecule has 0 bridgehead atoms. The molecule has 6 aliphatic rings. The van der Waals surface area contributed by atoms with Gasteiger partial charge in [0.1, 0.15) is 12.2 Å². The summed E-state index contributed by atoms with van der Waals surface area (Å²) in [6, 6.07) is 15.7. The minimum absolute atomic E-state index is 0.0626. The van der Waals surface area contributed by atoms with E-state index < -0.39 is 88.4 Å². The summed E-state index contributed by atoms with van der Waals surface area (Å²) in [5, 5.41) is 24.3. The molecule has 2 aromatic rings. The summed E-state index contributed by atoms with van der Waals surface area (Å²) < 4.78 is 29.8. The smallest absolute Gasteiger partial charge is 0.343 e. The summed E-state index contributed by atoms with van der Waals surface area (Å²) in [7, 11) is 0. The van der Waals surface area contributed by atoms with E-state index in [4.69, 9.17) is 23.7 Å². The molecule has 224 valence electrons. The van der Waals surface area contributed by atoms with Crippen LogP contribution in [0.15, 0.2) is 54.6 Å². The number of carbonyl (C=O) groups is 4. The molecule has 11 heteroatoms. The van der Waals surface area contributed by atoms with Crippen LogP contribution in [0.4, 0.5) is 0 Å². The molecular weight excluding hydrogens is 560 g/mol. The Balaban J connectivity index is 1.18. The van der Waals surface area contributed by atoms with Gasteiger partial charge in [-0.25, -0.2) is 9.59 Å². The van der Waals surface area contributed by atoms with E-state index in [1.807, 2.05) is 19.9 Å². The molecule has 2 saturated carbocycles. The summed E-state index contributed by atoms with van der Waals surface area (Å²) in [5.41, 5.74) is -5.96. The van der Waals surface area contributed by atoms with Crippen molar-refractivity contribution < 1.29 is 53.1 Å². The highest BCUT2D eigenvalue weighted by Crippen LogP contribution is 2.84. The van der Waals surface area contributed by atoms with Crippen molar-refractivity contribution >= 4 is 23.7 Å². The van der Waals surface area contributed by atoms with E-state index >= 15 is 0 Å². The number of hydrogen-bond donors (Lipinski definition) is 2. The van der Waals surface area contributed by atoms with E-state index in [9.17, 15) is 29.4 Å². The van der Waals surface area contributed by atoms with Crippen LogP contribution < -0.4 is 0 Å². The lowest BCUT2D eigenvalue weighted by molar-refractivity contribution is -0.238. The van der Waals surface area contributed by atoms with Gasteiger partial charge in [0.15, 0.2) is 23.6 Å². The molecule has 2 spiro atoms. The fourth-order valence-electron chi connectivity index (χ4n) is 9.59. The van der Waals surface area contributed by atoms with Gasteiger partial charge >= 0.3 is 17.9 Å². The molecule has 12 atom stereocenters.